The van der Waals surface area contributed by atoms with Crippen molar-refractivity contribution >= 4 is 38.1 Å². The fourth-order valence-corrected chi connectivity index (χ4v) is 5.40. The summed E-state index contributed by atoms with van der Waals surface area (Å²) >= 11 is 1.31. The molecule has 0 fully saturated rings. The molecule has 166 valence electrons. The highest BCUT2D eigenvalue weighted by Crippen LogP contribution is 2.33. The molecule has 1 heterocycles. The molecule has 0 atom stereocenters. The number of anilines is 2. The van der Waals surface area contributed by atoms with Crippen molar-refractivity contribution < 1.29 is 13.2 Å². The number of hydrogen-bond acceptors (Lipinski definition) is 7. The van der Waals surface area contributed by atoms with E-state index < -0.39 is 15.9 Å². The number of benzene rings is 2. The molecule has 3 aromatic rings. The van der Waals surface area contributed by atoms with E-state index in [1.54, 1.807) is 32.9 Å². The highest BCUT2D eigenvalue weighted by atomic mass is 32.2. The Kier molecular flexibility index (Phi) is 7.28. The Morgan fingerprint density at radius 2 is 1.81 bits per heavy atom. The van der Waals surface area contributed by atoms with Gasteiger partial charge in [0.25, 0.3) is 5.91 Å². The molecule has 2 aromatic carbocycles. The van der Waals surface area contributed by atoms with E-state index in [1.807, 2.05) is 47.4 Å². The molecule has 0 saturated heterocycles. The maximum Gasteiger partial charge on any atom is 0.284 e. The van der Waals surface area contributed by atoms with Crippen LogP contribution in [0.25, 0.3) is 0 Å². The Hall–Kier alpha value is -3.22. The minimum Gasteiger partial charge on any atom is -0.313 e. The highest BCUT2D eigenvalue weighted by Gasteiger charge is 2.24. The molecule has 1 aromatic heterocycles. The number of carbonyl (C=O) groups is 1. The second kappa shape index (κ2) is 9.94. The number of rotatable bonds is 8. The minimum absolute atomic E-state index is 0.0871. The number of amides is 1. The van der Waals surface area contributed by atoms with Gasteiger partial charge in [0.1, 0.15) is 5.69 Å². The predicted molar refractivity (Wildman–Crippen MR) is 126 cm³/mol. The maximum atomic E-state index is 12.7. The van der Waals surface area contributed by atoms with E-state index in [2.05, 4.69) is 15.8 Å². The highest BCUT2D eigenvalue weighted by molar-refractivity contribution is 7.90. The van der Waals surface area contributed by atoms with E-state index in [0.29, 0.717) is 22.1 Å². The molecule has 0 aliphatic carbocycles. The van der Waals surface area contributed by atoms with E-state index in [4.69, 9.17) is 5.26 Å². The number of carbonyl (C=O) groups excluding carboxylic acids is 1. The van der Waals surface area contributed by atoms with Crippen LogP contribution in [0, 0.1) is 24.2 Å². The summed E-state index contributed by atoms with van der Waals surface area (Å²) in [6, 6.07) is 19.0. The van der Waals surface area contributed by atoms with Gasteiger partial charge in [0.05, 0.1) is 23.9 Å². The lowest BCUT2D eigenvalue weighted by atomic mass is 10.2. The number of hydrogen-bond donors (Lipinski definition) is 1. The van der Waals surface area contributed by atoms with Crippen LogP contribution in [0.5, 0.6) is 0 Å². The van der Waals surface area contributed by atoms with Gasteiger partial charge in [-0.1, -0.05) is 44.2 Å². The number of nitrogens with one attached hydrogen (secondary N) is 1. The van der Waals surface area contributed by atoms with E-state index >= 15 is 0 Å². The smallest absolute Gasteiger partial charge is 0.284 e. The monoisotopic (exact) mass is 468 g/mol. The van der Waals surface area contributed by atoms with Gasteiger partial charge in [0.15, 0.2) is 5.13 Å². The van der Waals surface area contributed by atoms with Crippen LogP contribution in [0.4, 0.5) is 10.8 Å². The largest absolute Gasteiger partial charge is 0.313 e. The van der Waals surface area contributed by atoms with Crippen LogP contribution < -0.4 is 9.62 Å². The van der Waals surface area contributed by atoms with Gasteiger partial charge in [-0.05, 0) is 42.7 Å². The molecule has 32 heavy (non-hydrogen) atoms. The molecule has 3 rings (SSSR count). The zero-order chi connectivity index (χ0) is 23.3. The SMILES string of the molecule is Cc1sc(N(Cc2ccccc2)c2ccc(C#N)cc2)nc1C(=O)NS(=O)(=O)CC(C)C. The molecule has 0 bridgehead atoms. The van der Waals surface area contributed by atoms with Crippen LogP contribution in [0.2, 0.25) is 0 Å². The third-order valence-corrected chi connectivity index (χ3v) is 7.12. The number of aryl methyl sites for hydroxylation is 1. The van der Waals surface area contributed by atoms with Gasteiger partial charge < -0.3 is 4.90 Å². The lowest BCUT2D eigenvalue weighted by Crippen LogP contribution is -2.34. The normalized spacial score (nSPS) is 11.2. The van der Waals surface area contributed by atoms with E-state index in [9.17, 15) is 13.2 Å². The Balaban J connectivity index is 1.95. The Bertz CT molecular complexity index is 1230. The quantitative estimate of drug-likeness (QED) is 0.526. The summed E-state index contributed by atoms with van der Waals surface area (Å²) < 4.78 is 26.5. The Morgan fingerprint density at radius 3 is 2.41 bits per heavy atom. The van der Waals surface area contributed by atoms with Crippen LogP contribution in [0.1, 0.15) is 40.3 Å². The molecule has 7 nitrogen and oxygen atoms in total. The number of thiazole rings is 1. The maximum absolute atomic E-state index is 12.7. The van der Waals surface area contributed by atoms with Gasteiger partial charge in [0.2, 0.25) is 10.0 Å². The van der Waals surface area contributed by atoms with Gasteiger partial charge >= 0.3 is 0 Å². The van der Waals surface area contributed by atoms with Gasteiger partial charge in [-0.25, -0.2) is 18.1 Å². The third kappa shape index (κ3) is 5.93. The van der Waals surface area contributed by atoms with Gasteiger partial charge in [-0.2, -0.15) is 5.26 Å². The van der Waals surface area contributed by atoms with Gasteiger partial charge in [0, 0.05) is 10.6 Å². The standard InChI is InChI=1S/C23H24N4O3S2/c1-16(2)15-32(29,30)26-22(28)21-17(3)31-23(25-21)27(14-19-7-5-4-6-8-19)20-11-9-18(13-24)10-12-20/h4-12,16H,14-15H2,1-3H3,(H,26,28). The van der Waals surface area contributed by atoms with Crippen molar-refractivity contribution in [2.75, 3.05) is 10.7 Å². The van der Waals surface area contributed by atoms with E-state index in [1.165, 1.54) is 11.3 Å². The number of aromatic nitrogens is 1. The van der Waals surface area contributed by atoms with Crippen LogP contribution in [-0.4, -0.2) is 25.1 Å². The molecule has 0 aliphatic rings. The summed E-state index contributed by atoms with van der Waals surface area (Å²) in [5, 5.41) is 9.66. The van der Waals surface area contributed by atoms with Crippen molar-refractivity contribution in [2.24, 2.45) is 5.92 Å². The molecule has 1 amide bonds. The average Bonchev–Trinajstić information content (AvgIpc) is 3.13. The zero-order valence-electron chi connectivity index (χ0n) is 18.1. The second-order valence-corrected chi connectivity index (χ2v) is 10.7. The van der Waals surface area contributed by atoms with Crippen molar-refractivity contribution in [1.29, 1.82) is 5.26 Å². The van der Waals surface area contributed by atoms with Crippen LogP contribution in [-0.2, 0) is 16.6 Å². The lowest BCUT2D eigenvalue weighted by Gasteiger charge is -2.22. The van der Waals surface area contributed by atoms with Crippen molar-refractivity contribution in [1.82, 2.24) is 9.71 Å². The molecule has 0 aliphatic heterocycles. The molecule has 1 N–H and O–H groups in total. The molecule has 0 saturated carbocycles. The molecule has 9 heteroatoms. The Labute approximate surface area is 192 Å². The second-order valence-electron chi connectivity index (χ2n) is 7.74. The van der Waals surface area contributed by atoms with Crippen molar-refractivity contribution in [3.8, 4) is 6.07 Å². The van der Waals surface area contributed by atoms with Gasteiger partial charge in [-0.3, -0.25) is 4.79 Å². The zero-order valence-corrected chi connectivity index (χ0v) is 19.7. The first-order valence-corrected chi connectivity index (χ1v) is 12.5. The first kappa shape index (κ1) is 23.4. The van der Waals surface area contributed by atoms with Crippen LogP contribution >= 0.6 is 11.3 Å². The van der Waals surface area contributed by atoms with Gasteiger partial charge in [-0.15, -0.1) is 11.3 Å². The number of nitrogens with zero attached hydrogens (tertiary/aromatic N) is 3. The molecule has 0 radical (unpaired) electrons. The summed E-state index contributed by atoms with van der Waals surface area (Å²) in [7, 11) is -3.74. The van der Waals surface area contributed by atoms with Crippen molar-refractivity contribution in [3.05, 3.63) is 76.3 Å². The number of sulfonamides is 1. The molecular weight excluding hydrogens is 444 g/mol. The summed E-state index contributed by atoms with van der Waals surface area (Å²) in [6.07, 6.45) is 0. The summed E-state index contributed by atoms with van der Waals surface area (Å²) in [5.74, 6) is -0.976. The third-order valence-electron chi connectivity index (χ3n) is 4.52. The summed E-state index contributed by atoms with van der Waals surface area (Å²) in [5.41, 5.74) is 2.47. The summed E-state index contributed by atoms with van der Waals surface area (Å²) in [6.45, 7) is 5.78. The lowest BCUT2D eigenvalue weighted by molar-refractivity contribution is 0.0976. The predicted octanol–water partition coefficient (Wildman–Crippen LogP) is 4.38. The number of nitriles is 1. The van der Waals surface area contributed by atoms with E-state index in [-0.39, 0.29) is 17.4 Å². The first-order valence-electron chi connectivity index (χ1n) is 10.0. The molecule has 0 spiro atoms. The van der Waals surface area contributed by atoms with E-state index in [0.717, 1.165) is 11.3 Å². The fourth-order valence-electron chi connectivity index (χ4n) is 3.13. The topological polar surface area (TPSA) is 103 Å². The fraction of sp³-hybridized carbons (Fsp3) is 0.261. The molecule has 0 unspecified atom stereocenters. The Morgan fingerprint density at radius 1 is 1.16 bits per heavy atom. The molecular formula is C23H24N4O3S2. The minimum atomic E-state index is -3.74. The summed E-state index contributed by atoms with van der Waals surface area (Å²) in [4.78, 5) is 19.7. The first-order chi connectivity index (χ1) is 15.2. The van der Waals surface area contributed by atoms with Crippen molar-refractivity contribution in [3.63, 3.8) is 0 Å². The van der Waals surface area contributed by atoms with Crippen LogP contribution in [0.3, 0.4) is 0 Å². The van der Waals surface area contributed by atoms with Crippen LogP contribution in [0.15, 0.2) is 54.6 Å². The average molecular weight is 469 g/mol. The van der Waals surface area contributed by atoms with Crippen molar-refractivity contribution in [2.45, 2.75) is 27.3 Å².